The molecule has 3 rings (SSSR count). The Labute approximate surface area is 384 Å². The zero-order valence-electron chi connectivity index (χ0n) is 38.5. The lowest BCUT2D eigenvalue weighted by atomic mass is 9.96. The lowest BCUT2D eigenvalue weighted by molar-refractivity contribution is -0.379. The molecule has 12 N–H and O–H groups in total. The Bertz CT molecular complexity index is 1310. The van der Waals surface area contributed by atoms with Gasteiger partial charge in [-0.3, -0.25) is 4.79 Å². The predicted octanol–water partition coefficient (Wildman–Crippen LogP) is 0.471. The molecule has 0 radical (unpaired) electrons. The molecule has 17 atom stereocenters. The summed E-state index contributed by atoms with van der Waals surface area (Å²) in [4.78, 5) is 13.1. The summed E-state index contributed by atoms with van der Waals surface area (Å²) in [7, 11) is 0. The van der Waals surface area contributed by atoms with Crippen molar-refractivity contribution >= 4 is 5.91 Å². The number of amides is 1. The fourth-order valence-corrected chi connectivity index (χ4v) is 8.14. The molecule has 3 fully saturated rings. The Hall–Kier alpha value is -1.73. The van der Waals surface area contributed by atoms with Gasteiger partial charge in [-0.2, -0.15) is 0 Å². The summed E-state index contributed by atoms with van der Waals surface area (Å²) < 4.78 is 34.0. The van der Waals surface area contributed by atoms with Crippen LogP contribution in [0.2, 0.25) is 0 Å². The van der Waals surface area contributed by atoms with Crippen molar-refractivity contribution in [2.24, 2.45) is 0 Å². The van der Waals surface area contributed by atoms with Crippen LogP contribution in [0.5, 0.6) is 0 Å². The molecule has 0 saturated carbocycles. The number of rotatable bonds is 32. The van der Waals surface area contributed by atoms with Gasteiger partial charge in [-0.25, -0.2) is 0 Å². The van der Waals surface area contributed by atoms with Gasteiger partial charge in [-0.1, -0.05) is 115 Å². The van der Waals surface area contributed by atoms with Crippen LogP contribution in [0.1, 0.15) is 129 Å². The fourth-order valence-electron chi connectivity index (χ4n) is 8.14. The van der Waals surface area contributed by atoms with Gasteiger partial charge in [-0.05, 0) is 32.1 Å². The van der Waals surface area contributed by atoms with Crippen LogP contribution in [0.3, 0.4) is 0 Å². The second kappa shape index (κ2) is 32.2. The molecular weight excluding hydrogens is 854 g/mol. The molecule has 0 aliphatic carbocycles. The molecule has 0 spiro atoms. The first-order valence-corrected chi connectivity index (χ1v) is 24.1. The van der Waals surface area contributed by atoms with Crippen LogP contribution in [0.25, 0.3) is 0 Å². The quantitative estimate of drug-likeness (QED) is 0.0322. The van der Waals surface area contributed by atoms with Gasteiger partial charge in [0.05, 0.1) is 38.6 Å². The zero-order chi connectivity index (χ0) is 47.7. The van der Waals surface area contributed by atoms with E-state index in [0.717, 1.165) is 44.9 Å². The number of nitrogens with one attached hydrogen (secondary N) is 1. The van der Waals surface area contributed by atoms with Crippen molar-refractivity contribution in [3.8, 4) is 0 Å². The Morgan fingerprint density at radius 2 is 0.985 bits per heavy atom. The topological polar surface area (TPSA) is 307 Å². The van der Waals surface area contributed by atoms with Crippen molar-refractivity contribution in [3.05, 3.63) is 24.3 Å². The van der Waals surface area contributed by atoms with Gasteiger partial charge in [0.25, 0.3) is 0 Å². The van der Waals surface area contributed by atoms with Gasteiger partial charge in [0.1, 0.15) is 73.2 Å². The number of unbranched alkanes of at least 4 members (excludes halogenated alkanes) is 14. The third kappa shape index (κ3) is 18.9. The maximum Gasteiger partial charge on any atom is 0.220 e. The summed E-state index contributed by atoms with van der Waals surface area (Å²) in [5, 5.41) is 119. The molecule has 3 aliphatic rings. The predicted molar refractivity (Wildman–Crippen MR) is 236 cm³/mol. The first kappa shape index (κ1) is 57.6. The third-order valence-corrected chi connectivity index (χ3v) is 12.3. The van der Waals surface area contributed by atoms with E-state index in [0.29, 0.717) is 12.8 Å². The van der Waals surface area contributed by atoms with Crippen LogP contribution in [-0.2, 0) is 33.2 Å². The second-order valence-electron chi connectivity index (χ2n) is 17.6. The number of carbonyl (C=O) groups is 1. The smallest absolute Gasteiger partial charge is 0.220 e. The first-order chi connectivity index (χ1) is 31.3. The normalized spacial score (nSPS) is 34.3. The maximum absolute atomic E-state index is 13.1. The van der Waals surface area contributed by atoms with Gasteiger partial charge in [0.15, 0.2) is 18.9 Å². The van der Waals surface area contributed by atoms with Gasteiger partial charge in [0, 0.05) is 6.42 Å². The standard InChI is InChI=1S/C46H83NO18/c1-3-5-7-9-11-13-14-15-16-17-19-21-23-30(51)29(47-34(52)24-22-20-18-12-10-8-6-4-2)28-60-44-40(58)37(55)42(32(26-49)62-44)65-46-41(59)38(56)43(33(27-50)63-46)64-45-39(57)36(54)35(53)31(25-48)61-45/h15-16,21,23,29-33,35-46,48-51,53-59H,3-14,17-20,22,24-28H2,1-2H3,(H,47,52)/b16-15+,23-21+. The van der Waals surface area contributed by atoms with Crippen LogP contribution in [-0.4, -0.2) is 193 Å². The second-order valence-corrected chi connectivity index (χ2v) is 17.6. The SMILES string of the molecule is CCCCCCCC/C=C/CC/C=C/C(O)C(COC1OC(CO)C(OC2OC(CO)C(OC3OC(CO)C(O)C(O)C3O)C(O)C2O)C(O)C1O)NC(=O)CCCCCCCCCC. The van der Waals surface area contributed by atoms with E-state index < -0.39 is 124 Å². The molecule has 17 unspecified atom stereocenters. The Kier molecular flexibility index (Phi) is 28.5. The molecule has 0 aromatic carbocycles. The van der Waals surface area contributed by atoms with Gasteiger partial charge in [0.2, 0.25) is 5.91 Å². The van der Waals surface area contributed by atoms with E-state index in [4.69, 9.17) is 28.4 Å². The molecule has 0 bridgehead atoms. The lowest BCUT2D eigenvalue weighted by Gasteiger charge is -2.48. The van der Waals surface area contributed by atoms with Crippen molar-refractivity contribution < 1.29 is 89.4 Å². The van der Waals surface area contributed by atoms with Crippen LogP contribution in [0.4, 0.5) is 0 Å². The van der Waals surface area contributed by atoms with Crippen LogP contribution in [0, 0.1) is 0 Å². The summed E-state index contributed by atoms with van der Waals surface area (Å²) in [6.07, 6.45) is -0.646. The van der Waals surface area contributed by atoms with Crippen LogP contribution < -0.4 is 5.32 Å². The summed E-state index contributed by atoms with van der Waals surface area (Å²) in [6.45, 7) is 1.58. The lowest BCUT2D eigenvalue weighted by Crippen LogP contribution is -2.66. The largest absolute Gasteiger partial charge is 0.394 e. The number of carbonyl (C=O) groups excluding carboxylic acids is 1. The highest BCUT2D eigenvalue weighted by Crippen LogP contribution is 2.33. The van der Waals surface area contributed by atoms with E-state index in [9.17, 15) is 61.0 Å². The van der Waals surface area contributed by atoms with Gasteiger partial charge >= 0.3 is 0 Å². The molecule has 3 aliphatic heterocycles. The van der Waals surface area contributed by atoms with Crippen LogP contribution in [0.15, 0.2) is 24.3 Å². The molecule has 0 aromatic rings. The van der Waals surface area contributed by atoms with Gasteiger partial charge < -0.3 is 89.9 Å². The molecule has 1 amide bonds. The highest BCUT2D eigenvalue weighted by molar-refractivity contribution is 5.76. The van der Waals surface area contributed by atoms with Crippen molar-refractivity contribution in [1.82, 2.24) is 5.32 Å². The van der Waals surface area contributed by atoms with Crippen molar-refractivity contribution in [1.29, 1.82) is 0 Å². The van der Waals surface area contributed by atoms with E-state index in [1.165, 1.54) is 51.4 Å². The minimum Gasteiger partial charge on any atom is -0.394 e. The maximum atomic E-state index is 13.1. The average molecular weight is 938 g/mol. The third-order valence-electron chi connectivity index (χ3n) is 12.3. The van der Waals surface area contributed by atoms with E-state index in [-0.39, 0.29) is 18.9 Å². The minimum atomic E-state index is -1.98. The molecule has 65 heavy (non-hydrogen) atoms. The first-order valence-electron chi connectivity index (χ1n) is 24.1. The summed E-state index contributed by atoms with van der Waals surface area (Å²) in [5.74, 6) is -0.295. The van der Waals surface area contributed by atoms with Crippen molar-refractivity contribution in [2.75, 3.05) is 26.4 Å². The molecule has 3 saturated heterocycles. The number of allylic oxidation sites excluding steroid dienone is 3. The van der Waals surface area contributed by atoms with E-state index in [1.807, 2.05) is 6.08 Å². The fraction of sp³-hybridized carbons (Fsp3) is 0.891. The molecule has 380 valence electrons. The van der Waals surface area contributed by atoms with Crippen molar-refractivity contribution in [3.63, 3.8) is 0 Å². The summed E-state index contributed by atoms with van der Waals surface area (Å²) in [6, 6.07) is -0.980. The van der Waals surface area contributed by atoms with Gasteiger partial charge in [-0.15, -0.1) is 0 Å². The Morgan fingerprint density at radius 3 is 1.54 bits per heavy atom. The molecule has 3 heterocycles. The summed E-state index contributed by atoms with van der Waals surface area (Å²) >= 11 is 0. The number of hydrogen-bond acceptors (Lipinski definition) is 18. The molecule has 0 aromatic heterocycles. The van der Waals surface area contributed by atoms with E-state index in [1.54, 1.807) is 6.08 Å². The van der Waals surface area contributed by atoms with Crippen LogP contribution >= 0.6 is 0 Å². The average Bonchev–Trinajstić information content (AvgIpc) is 3.30. The zero-order valence-corrected chi connectivity index (χ0v) is 38.5. The number of aliphatic hydroxyl groups is 11. The van der Waals surface area contributed by atoms with E-state index in [2.05, 4.69) is 31.3 Å². The Balaban J connectivity index is 1.60. The van der Waals surface area contributed by atoms with Crippen molar-refractivity contribution in [2.45, 2.75) is 234 Å². The molecular formula is C46H83NO18. The number of hydrogen-bond donors (Lipinski definition) is 12. The highest BCUT2D eigenvalue weighted by Gasteiger charge is 2.53. The number of ether oxygens (including phenoxy) is 6. The summed E-state index contributed by atoms with van der Waals surface area (Å²) in [5.41, 5.74) is 0. The Morgan fingerprint density at radius 1 is 0.538 bits per heavy atom. The number of aliphatic hydroxyl groups excluding tert-OH is 11. The monoisotopic (exact) mass is 938 g/mol. The van der Waals surface area contributed by atoms with E-state index >= 15 is 0 Å². The molecule has 19 heteroatoms. The highest BCUT2D eigenvalue weighted by atomic mass is 16.8. The molecule has 19 nitrogen and oxygen atoms in total. The minimum absolute atomic E-state index is 0.236.